The van der Waals surface area contributed by atoms with E-state index in [4.69, 9.17) is 13.8 Å². The lowest BCUT2D eigenvalue weighted by molar-refractivity contribution is -0.870. The van der Waals surface area contributed by atoms with Crippen LogP contribution in [0.2, 0.25) is 0 Å². The van der Waals surface area contributed by atoms with E-state index in [0.717, 1.165) is 161 Å². The van der Waals surface area contributed by atoms with Crippen LogP contribution in [0.3, 0.4) is 0 Å². The van der Waals surface area contributed by atoms with E-state index in [2.05, 4.69) is 160 Å². The number of amides is 1. The first-order valence-corrected chi connectivity index (χ1v) is 36.1. The number of likely N-dealkylation sites (N-methyl/N-ethyl adjacent to an activating group) is 1. The van der Waals surface area contributed by atoms with Crippen molar-refractivity contribution in [2.75, 3.05) is 40.9 Å². The summed E-state index contributed by atoms with van der Waals surface area (Å²) in [7, 11) is 1.15. The Hall–Kier alpha value is -4.11. The Bertz CT molecular complexity index is 1980. The van der Waals surface area contributed by atoms with Gasteiger partial charge in [0.05, 0.1) is 33.8 Å². The molecule has 0 heterocycles. The number of allylic oxidation sites excluding steroid dienone is 23. The Morgan fingerprint density at radius 3 is 1.12 bits per heavy atom. The monoisotopic (exact) mass is 1210 g/mol. The number of esters is 1. The molecule has 0 radical (unpaired) electrons. The van der Waals surface area contributed by atoms with Crippen molar-refractivity contribution in [2.45, 2.75) is 283 Å². The maximum absolute atomic E-state index is 13.6. The van der Waals surface area contributed by atoms with Gasteiger partial charge >= 0.3 is 5.97 Å². The molecule has 86 heavy (non-hydrogen) atoms. The minimum atomic E-state index is -4.72. The zero-order valence-electron chi connectivity index (χ0n) is 56.0. The maximum Gasteiger partial charge on any atom is 0.306 e. The summed E-state index contributed by atoms with van der Waals surface area (Å²) >= 11 is 0. The molecule has 0 aliphatic heterocycles. The van der Waals surface area contributed by atoms with Gasteiger partial charge in [0, 0.05) is 12.8 Å². The molecule has 0 aromatic rings. The molecule has 10 heteroatoms. The summed E-state index contributed by atoms with van der Waals surface area (Å²) in [6.07, 6.45) is 92.4. The van der Waals surface area contributed by atoms with Gasteiger partial charge in [0.1, 0.15) is 19.3 Å². The number of carbonyl (C=O) groups excluding carboxylic acids is 2. The van der Waals surface area contributed by atoms with Gasteiger partial charge in [-0.15, -0.1) is 0 Å². The minimum Gasteiger partial charge on any atom is -0.756 e. The van der Waals surface area contributed by atoms with Crippen molar-refractivity contribution in [3.63, 3.8) is 0 Å². The number of phosphoric acid groups is 1. The number of nitrogens with zero attached hydrogens (tertiary/aromatic N) is 1. The summed E-state index contributed by atoms with van der Waals surface area (Å²) in [5.74, 6) is -0.579. The number of phosphoric ester groups is 1. The van der Waals surface area contributed by atoms with Crippen LogP contribution < -0.4 is 10.2 Å². The Balaban J connectivity index is 5.19. The second kappa shape index (κ2) is 63.9. The van der Waals surface area contributed by atoms with Crippen LogP contribution in [-0.2, 0) is 27.9 Å². The first-order valence-electron chi connectivity index (χ1n) is 34.6. The summed E-state index contributed by atoms with van der Waals surface area (Å²) in [5, 5.41) is 3.03. The Morgan fingerprint density at radius 1 is 0.419 bits per heavy atom. The average molecular weight is 1210 g/mol. The normalized spacial score (nSPS) is 14.5. The van der Waals surface area contributed by atoms with Gasteiger partial charge in [0.25, 0.3) is 7.82 Å². The van der Waals surface area contributed by atoms with Gasteiger partial charge in [0.2, 0.25) is 5.91 Å². The Labute approximate surface area is 529 Å². The van der Waals surface area contributed by atoms with Crippen molar-refractivity contribution in [1.82, 2.24) is 5.32 Å². The van der Waals surface area contributed by atoms with E-state index in [-0.39, 0.29) is 24.9 Å². The van der Waals surface area contributed by atoms with Crippen molar-refractivity contribution in [3.8, 4) is 0 Å². The van der Waals surface area contributed by atoms with E-state index in [1.807, 2.05) is 33.3 Å². The van der Waals surface area contributed by atoms with E-state index in [0.29, 0.717) is 23.9 Å². The highest BCUT2D eigenvalue weighted by atomic mass is 31.2. The van der Waals surface area contributed by atoms with Gasteiger partial charge in [-0.1, -0.05) is 276 Å². The molecule has 0 saturated heterocycles. The highest BCUT2D eigenvalue weighted by Crippen LogP contribution is 2.38. The average Bonchev–Trinajstić information content (AvgIpc) is 3.65. The molecule has 0 fully saturated rings. The molecule has 0 bridgehead atoms. The number of hydrogen-bond donors (Lipinski definition) is 1. The third-order valence-corrected chi connectivity index (χ3v) is 15.5. The van der Waals surface area contributed by atoms with Gasteiger partial charge in [-0.3, -0.25) is 14.2 Å². The number of rotatable bonds is 61. The van der Waals surface area contributed by atoms with Crippen LogP contribution in [0.1, 0.15) is 271 Å². The molecule has 9 nitrogen and oxygen atoms in total. The number of quaternary nitrogens is 1. The molecule has 1 N–H and O–H groups in total. The van der Waals surface area contributed by atoms with E-state index >= 15 is 0 Å². The van der Waals surface area contributed by atoms with Gasteiger partial charge < -0.3 is 28.5 Å². The molecular weight excluding hydrogens is 1080 g/mol. The zero-order chi connectivity index (χ0) is 62.8. The summed E-state index contributed by atoms with van der Waals surface area (Å²) < 4.78 is 30.4. The van der Waals surface area contributed by atoms with Crippen LogP contribution in [0.4, 0.5) is 0 Å². The van der Waals surface area contributed by atoms with E-state index in [1.54, 1.807) is 0 Å². The number of carbonyl (C=O) groups is 2. The van der Waals surface area contributed by atoms with Crippen molar-refractivity contribution in [1.29, 1.82) is 0 Å². The summed E-state index contributed by atoms with van der Waals surface area (Å²) in [5.41, 5.74) is 0. The van der Waals surface area contributed by atoms with Crippen LogP contribution >= 0.6 is 7.82 Å². The molecule has 0 aliphatic rings. The Kier molecular flexibility index (Phi) is 60.8. The lowest BCUT2D eigenvalue weighted by atomic mass is 10.0. The van der Waals surface area contributed by atoms with E-state index in [1.165, 1.54) is 70.6 Å². The highest BCUT2D eigenvalue weighted by Gasteiger charge is 2.27. The van der Waals surface area contributed by atoms with Crippen LogP contribution in [-0.4, -0.2) is 69.4 Å². The summed E-state index contributed by atoms with van der Waals surface area (Å²) in [6, 6.07) is -0.913. The lowest BCUT2D eigenvalue weighted by Gasteiger charge is -2.30. The van der Waals surface area contributed by atoms with E-state index in [9.17, 15) is 19.0 Å². The molecule has 0 aromatic heterocycles. The quantitative estimate of drug-likeness (QED) is 0.0212. The molecule has 490 valence electrons. The fourth-order valence-electron chi connectivity index (χ4n) is 9.26. The number of hydrogen-bond acceptors (Lipinski definition) is 7. The first-order chi connectivity index (χ1) is 41.9. The predicted molar refractivity (Wildman–Crippen MR) is 371 cm³/mol. The summed E-state index contributed by atoms with van der Waals surface area (Å²) in [4.78, 5) is 40.2. The van der Waals surface area contributed by atoms with Crippen molar-refractivity contribution in [2.24, 2.45) is 0 Å². The molecule has 0 rings (SSSR count). The van der Waals surface area contributed by atoms with Gasteiger partial charge in [-0.05, 0) is 128 Å². The van der Waals surface area contributed by atoms with Gasteiger partial charge in [-0.2, -0.15) is 0 Å². The highest BCUT2D eigenvalue weighted by molar-refractivity contribution is 7.45. The first kappa shape index (κ1) is 81.9. The molecular formula is C76H129N2O7P. The van der Waals surface area contributed by atoms with Crippen LogP contribution in [0, 0.1) is 0 Å². The number of ether oxygens (including phenoxy) is 1. The van der Waals surface area contributed by atoms with Gasteiger partial charge in [0.15, 0.2) is 0 Å². The van der Waals surface area contributed by atoms with E-state index < -0.39 is 26.6 Å². The Morgan fingerprint density at radius 2 is 0.744 bits per heavy atom. The smallest absolute Gasteiger partial charge is 0.306 e. The molecule has 0 aromatic carbocycles. The largest absolute Gasteiger partial charge is 0.756 e. The van der Waals surface area contributed by atoms with Crippen LogP contribution in [0.25, 0.3) is 0 Å². The third-order valence-electron chi connectivity index (χ3n) is 14.5. The molecule has 1 amide bonds. The lowest BCUT2D eigenvalue weighted by Crippen LogP contribution is -2.47. The topological polar surface area (TPSA) is 114 Å². The fraction of sp³-hybridized carbons (Fsp3) is 0.658. The fourth-order valence-corrected chi connectivity index (χ4v) is 9.98. The molecule has 0 spiro atoms. The van der Waals surface area contributed by atoms with Crippen LogP contribution in [0.5, 0.6) is 0 Å². The van der Waals surface area contributed by atoms with Crippen molar-refractivity contribution in [3.05, 3.63) is 146 Å². The second-order valence-electron chi connectivity index (χ2n) is 23.9. The third kappa shape index (κ3) is 64.4. The zero-order valence-corrected chi connectivity index (χ0v) is 56.9. The van der Waals surface area contributed by atoms with Crippen LogP contribution in [0.15, 0.2) is 146 Å². The predicted octanol–water partition coefficient (Wildman–Crippen LogP) is 21.5. The SMILES string of the molecule is CC/C=C\C/C=C\C/C=C\C/C=C\C/C=C\C/C=C\CCCCCCCCC(=O)OC(/C=C/CCCCCCCCCCCC)C(COP(=O)([O-])OCC[N+](C)(C)C)NC(=O)CCCCCCCCC/C=C\C/C=C\C/C=C\C/C=C\C/C=C\CC. The molecule has 3 atom stereocenters. The molecule has 0 aliphatic carbocycles. The molecule has 3 unspecified atom stereocenters. The number of nitrogens with one attached hydrogen (secondary N) is 1. The van der Waals surface area contributed by atoms with Crippen molar-refractivity contribution >= 4 is 19.7 Å². The second-order valence-corrected chi connectivity index (χ2v) is 25.3. The summed E-state index contributed by atoms with van der Waals surface area (Å²) in [6.45, 7) is 6.59. The molecule has 0 saturated carbocycles. The van der Waals surface area contributed by atoms with Crippen molar-refractivity contribution < 1.29 is 37.3 Å². The van der Waals surface area contributed by atoms with Gasteiger partial charge in [-0.25, -0.2) is 0 Å². The standard InChI is InChI=1S/C76H129N2O7P/c1-7-10-13-16-19-22-25-28-30-32-34-36-38-39-41-43-45-47-49-51-54-57-60-63-66-69-76(80)85-74(67-64-61-58-55-52-27-24-21-18-15-12-9-3)73(72-84-86(81,82)83-71-70-78(4,5)6)77-75(79)68-65-62-59-56-53-50-48-46-44-42-40-37-35-33-31-29-26-23-20-17-14-11-8-2/h10-11,13-14,19-20,22-23,28-31,34-37,39,41-42,44-45,47,64,67,73-74H,7-9,12,15-18,21,24-27,32-33,38,40,43,46,48-63,65-66,68-72H2,1-6H3,(H-,77,79,81,82)/b13-10-,14-11-,22-19-,23-20-,30-28-,31-29-,36-34-,37-35-,41-39-,44-42-,47-45-,67-64+. The number of unbranched alkanes of at least 4 members (excludes halogenated alkanes) is 23. The maximum atomic E-state index is 13.6. The minimum absolute atomic E-state index is 0.0355.